The van der Waals surface area contributed by atoms with E-state index in [1.165, 1.54) is 41.2 Å². The highest BCUT2D eigenvalue weighted by atomic mass is 35.5. The van der Waals surface area contributed by atoms with Gasteiger partial charge in [-0.1, -0.05) is 11.6 Å². The predicted molar refractivity (Wildman–Crippen MR) is 108 cm³/mol. The fraction of sp³-hybridized carbons (Fsp3) is 0.263. The molecule has 1 aliphatic rings. The first-order chi connectivity index (χ1) is 14.1. The average Bonchev–Trinajstić information content (AvgIpc) is 2.71. The maximum absolute atomic E-state index is 13.2. The number of ether oxygens (including phenoxy) is 1. The molecule has 0 spiro atoms. The molecule has 2 amide bonds. The minimum absolute atomic E-state index is 0.0167. The van der Waals surface area contributed by atoms with Crippen LogP contribution in [0.15, 0.2) is 41.3 Å². The third-order valence-corrected chi connectivity index (χ3v) is 5.97. The van der Waals surface area contributed by atoms with Gasteiger partial charge in [-0.3, -0.25) is 9.59 Å². The lowest BCUT2D eigenvalue weighted by molar-refractivity contribution is 0.0533. The summed E-state index contributed by atoms with van der Waals surface area (Å²) >= 11 is 5.96. The van der Waals surface area contributed by atoms with E-state index in [-0.39, 0.29) is 58.9 Å². The molecule has 1 fully saturated rings. The number of primary sulfonamides is 1. The van der Waals surface area contributed by atoms with Crippen LogP contribution >= 0.6 is 11.6 Å². The van der Waals surface area contributed by atoms with E-state index in [4.69, 9.17) is 21.5 Å². The lowest BCUT2D eigenvalue weighted by Crippen LogP contribution is -2.50. The largest absolute Gasteiger partial charge is 0.496 e. The first-order valence-corrected chi connectivity index (χ1v) is 10.8. The number of piperazine rings is 1. The zero-order valence-corrected chi connectivity index (χ0v) is 17.5. The van der Waals surface area contributed by atoms with E-state index in [1.807, 2.05) is 0 Å². The van der Waals surface area contributed by atoms with E-state index >= 15 is 0 Å². The summed E-state index contributed by atoms with van der Waals surface area (Å²) in [5, 5.41) is 5.17. The molecule has 0 aliphatic carbocycles. The molecule has 2 aromatic rings. The van der Waals surface area contributed by atoms with Crippen LogP contribution in [0.2, 0.25) is 5.02 Å². The van der Waals surface area contributed by atoms with Crippen molar-refractivity contribution in [1.29, 1.82) is 0 Å². The highest BCUT2D eigenvalue weighted by Crippen LogP contribution is 2.25. The van der Waals surface area contributed by atoms with Crippen molar-refractivity contribution < 1.29 is 27.1 Å². The van der Waals surface area contributed by atoms with Gasteiger partial charge in [0.25, 0.3) is 11.8 Å². The van der Waals surface area contributed by atoms with Gasteiger partial charge in [-0.25, -0.2) is 17.9 Å². The Labute approximate surface area is 178 Å². The molecular weight excluding hydrogens is 437 g/mol. The molecule has 3 rings (SSSR count). The Bertz CT molecular complexity index is 1100. The number of methoxy groups -OCH3 is 1. The van der Waals surface area contributed by atoms with Gasteiger partial charge in [0, 0.05) is 26.2 Å². The Morgan fingerprint density at radius 1 is 1.00 bits per heavy atom. The summed E-state index contributed by atoms with van der Waals surface area (Å²) in [6.07, 6.45) is 0. The second-order valence-electron chi connectivity index (χ2n) is 6.62. The molecule has 2 aromatic carbocycles. The van der Waals surface area contributed by atoms with Crippen molar-refractivity contribution in [3.05, 3.63) is 58.4 Å². The number of sulfonamides is 1. The lowest BCUT2D eigenvalue weighted by Gasteiger charge is -2.35. The molecule has 2 N–H and O–H groups in total. The smallest absolute Gasteiger partial charge is 0.257 e. The van der Waals surface area contributed by atoms with E-state index < -0.39 is 21.7 Å². The second-order valence-corrected chi connectivity index (χ2v) is 8.58. The Morgan fingerprint density at radius 3 is 2.07 bits per heavy atom. The van der Waals surface area contributed by atoms with Crippen molar-refractivity contribution in [2.45, 2.75) is 4.90 Å². The van der Waals surface area contributed by atoms with Crippen molar-refractivity contribution >= 4 is 33.4 Å². The van der Waals surface area contributed by atoms with Crippen LogP contribution in [-0.4, -0.2) is 63.3 Å². The van der Waals surface area contributed by atoms with E-state index in [0.717, 1.165) is 12.1 Å². The zero-order chi connectivity index (χ0) is 22.1. The number of hydrogen-bond donors (Lipinski definition) is 1. The SMILES string of the molecule is COc1ccc(S(N)(=O)=O)cc1C(=O)N1CCN(C(=O)c2ccc(F)cc2Cl)CC1. The van der Waals surface area contributed by atoms with Crippen molar-refractivity contribution in [3.63, 3.8) is 0 Å². The van der Waals surface area contributed by atoms with Crippen LogP contribution in [0.5, 0.6) is 5.75 Å². The van der Waals surface area contributed by atoms with Crippen molar-refractivity contribution in [2.75, 3.05) is 33.3 Å². The Kier molecular flexibility index (Phi) is 6.30. The number of hydrogen-bond acceptors (Lipinski definition) is 5. The number of carbonyl (C=O) groups is 2. The summed E-state index contributed by atoms with van der Waals surface area (Å²) in [6, 6.07) is 7.34. The summed E-state index contributed by atoms with van der Waals surface area (Å²) in [7, 11) is -2.62. The molecule has 0 bridgehead atoms. The van der Waals surface area contributed by atoms with Crippen LogP contribution in [0.25, 0.3) is 0 Å². The lowest BCUT2D eigenvalue weighted by atomic mass is 10.1. The molecule has 160 valence electrons. The number of nitrogens with two attached hydrogens (primary N) is 1. The summed E-state index contributed by atoms with van der Waals surface area (Å²) in [6.45, 7) is 0.892. The summed E-state index contributed by atoms with van der Waals surface area (Å²) in [4.78, 5) is 28.4. The molecule has 11 heteroatoms. The molecule has 0 saturated carbocycles. The molecule has 1 heterocycles. The second kappa shape index (κ2) is 8.58. The van der Waals surface area contributed by atoms with Gasteiger partial charge in [-0.2, -0.15) is 0 Å². The Balaban J connectivity index is 1.75. The fourth-order valence-corrected chi connectivity index (χ4v) is 3.94. The van der Waals surface area contributed by atoms with Gasteiger partial charge in [-0.05, 0) is 36.4 Å². The van der Waals surface area contributed by atoms with Crippen LogP contribution in [-0.2, 0) is 10.0 Å². The maximum Gasteiger partial charge on any atom is 0.257 e. The average molecular weight is 456 g/mol. The van der Waals surface area contributed by atoms with Gasteiger partial charge < -0.3 is 14.5 Å². The molecule has 1 saturated heterocycles. The van der Waals surface area contributed by atoms with E-state index in [2.05, 4.69) is 0 Å². The van der Waals surface area contributed by atoms with Gasteiger partial charge in [0.1, 0.15) is 11.6 Å². The van der Waals surface area contributed by atoms with Crippen LogP contribution < -0.4 is 9.88 Å². The van der Waals surface area contributed by atoms with Gasteiger partial charge in [0.2, 0.25) is 10.0 Å². The highest BCUT2D eigenvalue weighted by molar-refractivity contribution is 7.89. The molecule has 8 nitrogen and oxygen atoms in total. The molecular formula is C19H19ClFN3O5S. The number of benzene rings is 2. The van der Waals surface area contributed by atoms with E-state index in [0.29, 0.717) is 0 Å². The van der Waals surface area contributed by atoms with Gasteiger partial charge in [0.15, 0.2) is 0 Å². The highest BCUT2D eigenvalue weighted by Gasteiger charge is 2.28. The minimum Gasteiger partial charge on any atom is -0.496 e. The fourth-order valence-electron chi connectivity index (χ4n) is 3.15. The molecule has 0 atom stereocenters. The molecule has 0 unspecified atom stereocenters. The summed E-state index contributed by atoms with van der Waals surface area (Å²) in [5.41, 5.74) is 0.241. The number of halogens is 2. The first-order valence-electron chi connectivity index (χ1n) is 8.86. The van der Waals surface area contributed by atoms with E-state index in [1.54, 1.807) is 0 Å². The van der Waals surface area contributed by atoms with Crippen LogP contribution in [0.4, 0.5) is 4.39 Å². The summed E-state index contributed by atoms with van der Waals surface area (Å²) < 4.78 is 41.6. The maximum atomic E-state index is 13.2. The first kappa shape index (κ1) is 22.0. The standard InChI is InChI=1S/C19H19ClFN3O5S/c1-29-17-5-3-13(30(22,27)28)11-15(17)19(26)24-8-6-23(7-9-24)18(25)14-4-2-12(21)10-16(14)20/h2-5,10-11H,6-9H2,1H3,(H2,22,27,28). The normalized spacial score (nSPS) is 14.5. The third kappa shape index (κ3) is 4.55. The quantitative estimate of drug-likeness (QED) is 0.755. The number of rotatable bonds is 4. The number of carbonyl (C=O) groups excluding carboxylic acids is 2. The Hall–Kier alpha value is -2.69. The number of amides is 2. The molecule has 0 aromatic heterocycles. The third-order valence-electron chi connectivity index (χ3n) is 4.75. The van der Waals surface area contributed by atoms with Crippen LogP contribution in [0.3, 0.4) is 0 Å². The van der Waals surface area contributed by atoms with Crippen LogP contribution in [0, 0.1) is 5.82 Å². The van der Waals surface area contributed by atoms with Gasteiger partial charge >= 0.3 is 0 Å². The molecule has 30 heavy (non-hydrogen) atoms. The monoisotopic (exact) mass is 455 g/mol. The zero-order valence-electron chi connectivity index (χ0n) is 16.0. The minimum atomic E-state index is -3.99. The number of nitrogens with zero attached hydrogens (tertiary/aromatic N) is 2. The molecule has 1 aliphatic heterocycles. The van der Waals surface area contributed by atoms with Crippen molar-refractivity contribution in [2.24, 2.45) is 5.14 Å². The Morgan fingerprint density at radius 2 is 1.57 bits per heavy atom. The van der Waals surface area contributed by atoms with Crippen LogP contribution in [0.1, 0.15) is 20.7 Å². The van der Waals surface area contributed by atoms with Gasteiger partial charge in [0.05, 0.1) is 28.2 Å². The topological polar surface area (TPSA) is 110 Å². The predicted octanol–water partition coefficient (Wildman–Crippen LogP) is 1.73. The van der Waals surface area contributed by atoms with E-state index in [9.17, 15) is 22.4 Å². The van der Waals surface area contributed by atoms with Crippen molar-refractivity contribution in [3.8, 4) is 5.75 Å². The molecule has 0 radical (unpaired) electrons. The van der Waals surface area contributed by atoms with Gasteiger partial charge in [-0.15, -0.1) is 0 Å². The summed E-state index contributed by atoms with van der Waals surface area (Å²) in [5.74, 6) is -1.13. The van der Waals surface area contributed by atoms with Crippen molar-refractivity contribution in [1.82, 2.24) is 9.80 Å².